The molecular formula is C10H22N2OS. The Labute approximate surface area is 91.6 Å². The molecule has 1 fully saturated rings. The first-order valence-electron chi connectivity index (χ1n) is 5.24. The smallest absolute Gasteiger partial charge is 0.0615 e. The fourth-order valence-corrected chi connectivity index (χ4v) is 2.57. The summed E-state index contributed by atoms with van der Waals surface area (Å²) in [6.45, 7) is 5.30. The van der Waals surface area contributed by atoms with Gasteiger partial charge in [0.1, 0.15) is 0 Å². The van der Waals surface area contributed by atoms with Crippen molar-refractivity contribution in [1.29, 1.82) is 0 Å². The minimum Gasteiger partial charge on any atom is -0.383 e. The van der Waals surface area contributed by atoms with Crippen LogP contribution in [0.4, 0.5) is 0 Å². The van der Waals surface area contributed by atoms with Crippen molar-refractivity contribution in [2.24, 2.45) is 0 Å². The molecule has 1 rings (SSSR count). The zero-order valence-electron chi connectivity index (χ0n) is 9.45. The number of nitrogens with zero attached hydrogens (tertiary/aromatic N) is 1. The molecule has 14 heavy (non-hydrogen) atoms. The summed E-state index contributed by atoms with van der Waals surface area (Å²) in [5.74, 6) is 2.50. The number of hydrogen-bond donors (Lipinski definition) is 1. The maximum Gasteiger partial charge on any atom is 0.0615 e. The maximum absolute atomic E-state index is 5.15. The van der Waals surface area contributed by atoms with Crippen molar-refractivity contribution in [3.05, 3.63) is 0 Å². The molecule has 2 unspecified atom stereocenters. The lowest BCUT2D eigenvalue weighted by molar-refractivity contribution is 0.111. The monoisotopic (exact) mass is 218 g/mol. The summed E-state index contributed by atoms with van der Waals surface area (Å²) < 4.78 is 5.15. The van der Waals surface area contributed by atoms with Gasteiger partial charge in [-0.3, -0.25) is 4.90 Å². The lowest BCUT2D eigenvalue weighted by Gasteiger charge is -2.31. The molecule has 1 aliphatic rings. The predicted octanol–water partition coefficient (Wildman–Crippen LogP) is 0.658. The van der Waals surface area contributed by atoms with Gasteiger partial charge in [0.25, 0.3) is 0 Å². The minimum atomic E-state index is 0.508. The molecule has 1 heterocycles. The lowest BCUT2D eigenvalue weighted by atomic mass is 10.2. The van der Waals surface area contributed by atoms with E-state index in [0.29, 0.717) is 12.1 Å². The van der Waals surface area contributed by atoms with Crippen molar-refractivity contribution < 1.29 is 4.74 Å². The summed E-state index contributed by atoms with van der Waals surface area (Å²) in [6, 6.07) is 1.16. The summed E-state index contributed by atoms with van der Waals surface area (Å²) >= 11 is 2.05. The number of likely N-dealkylation sites (N-methyl/N-ethyl adjacent to an activating group) is 1. The summed E-state index contributed by atoms with van der Waals surface area (Å²) in [5, 5.41) is 3.54. The second-order valence-corrected chi connectivity index (χ2v) is 5.12. The van der Waals surface area contributed by atoms with E-state index >= 15 is 0 Å². The second-order valence-electron chi connectivity index (χ2n) is 3.97. The molecule has 0 radical (unpaired) electrons. The maximum atomic E-state index is 5.15. The van der Waals surface area contributed by atoms with Crippen LogP contribution in [0.15, 0.2) is 0 Å². The number of hydrogen-bond acceptors (Lipinski definition) is 4. The third-order valence-corrected chi connectivity index (χ3v) is 3.80. The summed E-state index contributed by atoms with van der Waals surface area (Å²) in [4.78, 5) is 2.37. The van der Waals surface area contributed by atoms with E-state index in [1.165, 1.54) is 11.5 Å². The average Bonchev–Trinajstić information content (AvgIpc) is 2.19. The molecule has 0 bridgehead atoms. The van der Waals surface area contributed by atoms with Gasteiger partial charge in [-0.25, -0.2) is 0 Å². The van der Waals surface area contributed by atoms with Gasteiger partial charge in [-0.05, 0) is 14.0 Å². The van der Waals surface area contributed by atoms with Gasteiger partial charge < -0.3 is 10.1 Å². The fourth-order valence-electron chi connectivity index (χ4n) is 1.63. The van der Waals surface area contributed by atoms with E-state index in [0.717, 1.165) is 19.7 Å². The van der Waals surface area contributed by atoms with Crippen LogP contribution in [0.1, 0.15) is 6.92 Å². The normalized spacial score (nSPS) is 25.3. The van der Waals surface area contributed by atoms with Crippen molar-refractivity contribution in [2.75, 3.05) is 45.4 Å². The number of ether oxygens (including phenoxy) is 1. The first-order chi connectivity index (χ1) is 6.74. The Bertz CT molecular complexity index is 151. The average molecular weight is 218 g/mol. The highest BCUT2D eigenvalue weighted by Gasteiger charge is 2.17. The Morgan fingerprint density at radius 3 is 3.00 bits per heavy atom. The van der Waals surface area contributed by atoms with E-state index in [1.807, 2.05) is 11.8 Å². The van der Waals surface area contributed by atoms with Crippen molar-refractivity contribution >= 4 is 11.8 Å². The molecule has 1 saturated heterocycles. The topological polar surface area (TPSA) is 24.5 Å². The fraction of sp³-hybridized carbons (Fsp3) is 1.00. The van der Waals surface area contributed by atoms with Gasteiger partial charge in [-0.1, -0.05) is 0 Å². The van der Waals surface area contributed by atoms with Gasteiger partial charge in [0, 0.05) is 43.8 Å². The van der Waals surface area contributed by atoms with E-state index < -0.39 is 0 Å². The molecule has 3 nitrogen and oxygen atoms in total. The highest BCUT2D eigenvalue weighted by molar-refractivity contribution is 7.99. The van der Waals surface area contributed by atoms with E-state index in [1.54, 1.807) is 7.11 Å². The van der Waals surface area contributed by atoms with Crippen LogP contribution >= 0.6 is 11.8 Å². The molecule has 0 aromatic carbocycles. The molecule has 1 aliphatic heterocycles. The van der Waals surface area contributed by atoms with Crippen molar-refractivity contribution in [2.45, 2.75) is 19.0 Å². The van der Waals surface area contributed by atoms with Gasteiger partial charge in [-0.2, -0.15) is 11.8 Å². The third kappa shape index (κ3) is 4.17. The molecule has 0 aromatic rings. The molecule has 1 N–H and O–H groups in total. The minimum absolute atomic E-state index is 0.508. The van der Waals surface area contributed by atoms with Crippen LogP contribution in [0.2, 0.25) is 0 Å². The van der Waals surface area contributed by atoms with Crippen LogP contribution in [0.25, 0.3) is 0 Å². The second kappa shape index (κ2) is 6.67. The number of thioether (sulfide) groups is 1. The van der Waals surface area contributed by atoms with Gasteiger partial charge in [0.15, 0.2) is 0 Å². The highest BCUT2D eigenvalue weighted by atomic mass is 32.2. The van der Waals surface area contributed by atoms with Crippen LogP contribution in [-0.4, -0.2) is 62.3 Å². The van der Waals surface area contributed by atoms with Gasteiger partial charge in [0.2, 0.25) is 0 Å². The van der Waals surface area contributed by atoms with Gasteiger partial charge >= 0.3 is 0 Å². The molecule has 0 saturated carbocycles. The van der Waals surface area contributed by atoms with Gasteiger partial charge in [-0.15, -0.1) is 0 Å². The lowest BCUT2D eigenvalue weighted by Crippen LogP contribution is -2.47. The van der Waals surface area contributed by atoms with Gasteiger partial charge in [0.05, 0.1) is 6.61 Å². The Morgan fingerprint density at radius 1 is 1.64 bits per heavy atom. The largest absolute Gasteiger partial charge is 0.383 e. The zero-order chi connectivity index (χ0) is 10.4. The van der Waals surface area contributed by atoms with Crippen LogP contribution in [0.5, 0.6) is 0 Å². The van der Waals surface area contributed by atoms with Crippen molar-refractivity contribution in [3.8, 4) is 0 Å². The SMILES string of the molecule is COCC(C)N(C)CC1CSCCN1. The predicted molar refractivity (Wildman–Crippen MR) is 63.1 cm³/mol. The summed E-state index contributed by atoms with van der Waals surface area (Å²) in [6.07, 6.45) is 0. The van der Waals surface area contributed by atoms with E-state index in [4.69, 9.17) is 4.74 Å². The molecule has 0 spiro atoms. The number of rotatable bonds is 5. The molecule has 84 valence electrons. The van der Waals surface area contributed by atoms with E-state index in [2.05, 4.69) is 24.2 Å². The van der Waals surface area contributed by atoms with Crippen molar-refractivity contribution in [3.63, 3.8) is 0 Å². The number of nitrogens with one attached hydrogen (secondary N) is 1. The van der Waals surface area contributed by atoms with Crippen LogP contribution in [-0.2, 0) is 4.74 Å². The Hall–Kier alpha value is 0.230. The van der Waals surface area contributed by atoms with Crippen LogP contribution < -0.4 is 5.32 Å². The Kier molecular flexibility index (Phi) is 5.86. The quantitative estimate of drug-likeness (QED) is 0.732. The summed E-state index contributed by atoms with van der Waals surface area (Å²) in [7, 11) is 3.93. The zero-order valence-corrected chi connectivity index (χ0v) is 10.3. The molecule has 4 heteroatoms. The first kappa shape index (κ1) is 12.3. The standard InChI is InChI=1S/C10H22N2OS/c1-9(7-13-3)12(2)6-10-8-14-5-4-11-10/h9-11H,4-8H2,1-3H3. The Morgan fingerprint density at radius 2 is 2.43 bits per heavy atom. The van der Waals surface area contributed by atoms with Crippen molar-refractivity contribution in [1.82, 2.24) is 10.2 Å². The Balaban J connectivity index is 2.20. The highest BCUT2D eigenvalue weighted by Crippen LogP contribution is 2.09. The molecule has 0 amide bonds. The third-order valence-electron chi connectivity index (χ3n) is 2.67. The van der Waals surface area contributed by atoms with Crippen LogP contribution in [0, 0.1) is 0 Å². The molecular weight excluding hydrogens is 196 g/mol. The summed E-state index contributed by atoms with van der Waals surface area (Å²) in [5.41, 5.74) is 0. The van der Waals surface area contributed by atoms with E-state index in [-0.39, 0.29) is 0 Å². The van der Waals surface area contributed by atoms with Crippen LogP contribution in [0.3, 0.4) is 0 Å². The molecule has 0 aliphatic carbocycles. The van der Waals surface area contributed by atoms with E-state index in [9.17, 15) is 0 Å². The molecule has 2 atom stereocenters. The first-order valence-corrected chi connectivity index (χ1v) is 6.39. The number of methoxy groups -OCH3 is 1. The molecule has 0 aromatic heterocycles.